The first-order valence-corrected chi connectivity index (χ1v) is 5.98. The van der Waals surface area contributed by atoms with Crippen molar-refractivity contribution >= 4 is 28.5 Å². The van der Waals surface area contributed by atoms with E-state index in [0.717, 1.165) is 0 Å². The number of fused-ring (bicyclic) bond motifs is 1. The van der Waals surface area contributed by atoms with Gasteiger partial charge >= 0.3 is 0 Å². The predicted octanol–water partition coefficient (Wildman–Crippen LogP) is 3.04. The minimum atomic E-state index is 0.220. The summed E-state index contributed by atoms with van der Waals surface area (Å²) in [5.41, 5.74) is 7.24. The highest BCUT2D eigenvalue weighted by molar-refractivity contribution is 6.30. The summed E-state index contributed by atoms with van der Waals surface area (Å²) >= 11 is 5.79. The Hall–Kier alpha value is -2.27. The lowest BCUT2D eigenvalue weighted by Crippen LogP contribution is -1.95. The van der Waals surface area contributed by atoms with E-state index in [1.165, 1.54) is 6.20 Å². The average molecular weight is 276 g/mol. The summed E-state index contributed by atoms with van der Waals surface area (Å²) in [7, 11) is 0. The number of pyridine rings is 1. The van der Waals surface area contributed by atoms with E-state index in [2.05, 4.69) is 9.97 Å². The van der Waals surface area contributed by atoms with E-state index in [1.54, 1.807) is 30.3 Å². The standard InChI is InChI=1S/C13H10ClN3O2/c14-8-1-3-10(4-2-8)18-7-12-17-11-5-9(15)6-16-13(11)19-12/h1-6H,7,15H2. The van der Waals surface area contributed by atoms with Crippen molar-refractivity contribution in [2.24, 2.45) is 0 Å². The molecule has 0 aliphatic heterocycles. The molecule has 1 aromatic carbocycles. The maximum Gasteiger partial charge on any atom is 0.247 e. The van der Waals surface area contributed by atoms with Gasteiger partial charge in [0, 0.05) is 5.02 Å². The highest BCUT2D eigenvalue weighted by atomic mass is 35.5. The molecular formula is C13H10ClN3O2. The predicted molar refractivity (Wildman–Crippen MR) is 72.0 cm³/mol. The summed E-state index contributed by atoms with van der Waals surface area (Å²) in [6.45, 7) is 0.220. The Kier molecular flexibility index (Phi) is 2.97. The number of nitrogen functional groups attached to an aromatic ring is 1. The molecule has 0 unspecified atom stereocenters. The van der Waals surface area contributed by atoms with Crippen LogP contribution in [0.25, 0.3) is 11.2 Å². The van der Waals surface area contributed by atoms with Crippen LogP contribution in [0.15, 0.2) is 40.9 Å². The summed E-state index contributed by atoms with van der Waals surface area (Å²) in [4.78, 5) is 8.29. The molecule has 5 nitrogen and oxygen atoms in total. The summed E-state index contributed by atoms with van der Waals surface area (Å²) < 4.78 is 11.0. The molecule has 0 saturated heterocycles. The Labute approximate surface area is 114 Å². The van der Waals surface area contributed by atoms with Crippen molar-refractivity contribution in [1.29, 1.82) is 0 Å². The Balaban J connectivity index is 1.76. The number of halogens is 1. The molecule has 0 fully saturated rings. The quantitative estimate of drug-likeness (QED) is 0.795. The number of rotatable bonds is 3. The van der Waals surface area contributed by atoms with E-state index >= 15 is 0 Å². The molecule has 0 aliphatic rings. The van der Waals surface area contributed by atoms with Gasteiger partial charge in [0.2, 0.25) is 11.6 Å². The van der Waals surface area contributed by atoms with Crippen molar-refractivity contribution in [3.05, 3.63) is 47.4 Å². The van der Waals surface area contributed by atoms with Crippen LogP contribution in [0.1, 0.15) is 5.89 Å². The molecular weight excluding hydrogens is 266 g/mol. The number of aromatic nitrogens is 2. The van der Waals surface area contributed by atoms with Crippen LogP contribution in [0.5, 0.6) is 5.75 Å². The van der Waals surface area contributed by atoms with E-state index in [4.69, 9.17) is 26.5 Å². The van der Waals surface area contributed by atoms with Crippen LogP contribution in [0.3, 0.4) is 0 Å². The van der Waals surface area contributed by atoms with Gasteiger partial charge in [-0.05, 0) is 30.3 Å². The van der Waals surface area contributed by atoms with Crippen LogP contribution < -0.4 is 10.5 Å². The Bertz CT molecular complexity index is 709. The van der Waals surface area contributed by atoms with Crippen LogP contribution in [-0.4, -0.2) is 9.97 Å². The average Bonchev–Trinajstić information content (AvgIpc) is 2.80. The Morgan fingerprint density at radius 3 is 2.84 bits per heavy atom. The summed E-state index contributed by atoms with van der Waals surface area (Å²) in [6, 6.07) is 8.77. The molecule has 3 aromatic rings. The molecule has 0 amide bonds. The minimum absolute atomic E-state index is 0.220. The molecule has 96 valence electrons. The maximum atomic E-state index is 5.79. The molecule has 0 atom stereocenters. The molecule has 0 saturated carbocycles. The third-order valence-electron chi connectivity index (χ3n) is 2.49. The second kappa shape index (κ2) is 4.78. The molecule has 0 bridgehead atoms. The fourth-order valence-corrected chi connectivity index (χ4v) is 1.75. The van der Waals surface area contributed by atoms with Crippen molar-refractivity contribution in [3.63, 3.8) is 0 Å². The van der Waals surface area contributed by atoms with Gasteiger partial charge < -0.3 is 14.9 Å². The summed E-state index contributed by atoms with van der Waals surface area (Å²) in [5.74, 6) is 1.14. The highest BCUT2D eigenvalue weighted by Crippen LogP contribution is 2.19. The SMILES string of the molecule is Nc1cnc2oc(COc3ccc(Cl)cc3)nc2c1. The summed E-state index contributed by atoms with van der Waals surface area (Å²) in [5, 5.41) is 0.661. The third kappa shape index (κ3) is 2.61. The number of nitrogens with zero attached hydrogens (tertiary/aromatic N) is 2. The number of hydrogen-bond donors (Lipinski definition) is 1. The van der Waals surface area contributed by atoms with Crippen molar-refractivity contribution in [1.82, 2.24) is 9.97 Å². The van der Waals surface area contributed by atoms with Crippen LogP contribution in [0, 0.1) is 0 Å². The zero-order valence-corrected chi connectivity index (χ0v) is 10.6. The molecule has 2 aromatic heterocycles. The van der Waals surface area contributed by atoms with Crippen LogP contribution in [0.2, 0.25) is 5.02 Å². The minimum Gasteiger partial charge on any atom is -0.484 e. The number of anilines is 1. The molecule has 0 aliphatic carbocycles. The first kappa shape index (κ1) is 11.8. The first-order valence-electron chi connectivity index (χ1n) is 5.60. The van der Waals surface area contributed by atoms with Gasteiger partial charge in [-0.1, -0.05) is 11.6 Å². The number of ether oxygens (including phenoxy) is 1. The molecule has 3 rings (SSSR count). The van der Waals surface area contributed by atoms with Crippen molar-refractivity contribution in [2.45, 2.75) is 6.61 Å². The second-order valence-corrected chi connectivity index (χ2v) is 4.38. The zero-order chi connectivity index (χ0) is 13.2. The maximum absolute atomic E-state index is 5.79. The third-order valence-corrected chi connectivity index (χ3v) is 2.74. The monoisotopic (exact) mass is 275 g/mol. The summed E-state index contributed by atoms with van der Waals surface area (Å²) in [6.07, 6.45) is 1.53. The van der Waals surface area contributed by atoms with E-state index in [9.17, 15) is 0 Å². The van der Waals surface area contributed by atoms with Gasteiger partial charge in [-0.2, -0.15) is 0 Å². The van der Waals surface area contributed by atoms with Crippen LogP contribution in [0.4, 0.5) is 5.69 Å². The fraction of sp³-hybridized carbons (Fsp3) is 0.0769. The van der Waals surface area contributed by atoms with Crippen molar-refractivity contribution in [2.75, 3.05) is 5.73 Å². The number of benzene rings is 1. The van der Waals surface area contributed by atoms with Gasteiger partial charge in [-0.15, -0.1) is 0 Å². The van der Waals surface area contributed by atoms with E-state index in [1.807, 2.05) is 0 Å². The topological polar surface area (TPSA) is 74.2 Å². The molecule has 0 spiro atoms. The largest absolute Gasteiger partial charge is 0.484 e. The van der Waals surface area contributed by atoms with Gasteiger partial charge in [0.05, 0.1) is 11.9 Å². The van der Waals surface area contributed by atoms with Gasteiger partial charge in [-0.25, -0.2) is 9.97 Å². The molecule has 19 heavy (non-hydrogen) atoms. The van der Waals surface area contributed by atoms with Gasteiger partial charge in [0.15, 0.2) is 6.61 Å². The normalized spacial score (nSPS) is 10.8. The Morgan fingerprint density at radius 2 is 2.05 bits per heavy atom. The van der Waals surface area contributed by atoms with E-state index in [-0.39, 0.29) is 6.61 Å². The smallest absolute Gasteiger partial charge is 0.247 e. The van der Waals surface area contributed by atoms with Gasteiger partial charge in [-0.3, -0.25) is 0 Å². The zero-order valence-electron chi connectivity index (χ0n) is 9.84. The Morgan fingerprint density at radius 1 is 1.26 bits per heavy atom. The first-order chi connectivity index (χ1) is 9.20. The number of nitrogens with two attached hydrogens (primary N) is 1. The lowest BCUT2D eigenvalue weighted by atomic mass is 10.3. The molecule has 0 radical (unpaired) electrons. The lowest BCUT2D eigenvalue weighted by Gasteiger charge is -2.02. The highest BCUT2D eigenvalue weighted by Gasteiger charge is 2.07. The van der Waals surface area contributed by atoms with Gasteiger partial charge in [0.1, 0.15) is 11.3 Å². The second-order valence-electron chi connectivity index (χ2n) is 3.94. The lowest BCUT2D eigenvalue weighted by molar-refractivity contribution is 0.266. The number of hydrogen-bond acceptors (Lipinski definition) is 5. The van der Waals surface area contributed by atoms with Crippen molar-refractivity contribution in [3.8, 4) is 5.75 Å². The molecule has 2 heterocycles. The fourth-order valence-electron chi connectivity index (χ4n) is 1.62. The molecule has 6 heteroatoms. The van der Waals surface area contributed by atoms with Crippen molar-refractivity contribution < 1.29 is 9.15 Å². The van der Waals surface area contributed by atoms with Crippen LogP contribution >= 0.6 is 11.6 Å². The number of oxazole rings is 1. The van der Waals surface area contributed by atoms with Gasteiger partial charge in [0.25, 0.3) is 0 Å². The van der Waals surface area contributed by atoms with Crippen LogP contribution in [-0.2, 0) is 6.61 Å². The molecule has 2 N–H and O–H groups in total. The van der Waals surface area contributed by atoms with E-state index in [0.29, 0.717) is 33.6 Å². The van der Waals surface area contributed by atoms with E-state index < -0.39 is 0 Å².